The summed E-state index contributed by atoms with van der Waals surface area (Å²) in [5.74, 6) is 0. The lowest BCUT2D eigenvalue weighted by atomic mass is 9.77. The molecule has 150 valence electrons. The fraction of sp³-hybridized carbons (Fsp3) is 0.143. The van der Waals surface area contributed by atoms with E-state index < -0.39 is 5.54 Å². The van der Waals surface area contributed by atoms with E-state index in [1.54, 1.807) is 0 Å². The predicted molar refractivity (Wildman–Crippen MR) is 125 cm³/mol. The van der Waals surface area contributed by atoms with Crippen LogP contribution in [0.25, 0.3) is 0 Å². The van der Waals surface area contributed by atoms with Crippen LogP contribution in [-0.4, -0.2) is 12.6 Å². The minimum absolute atomic E-state index is 0.00270. The molecule has 0 amide bonds. The third-order valence-corrected chi connectivity index (χ3v) is 5.59. The van der Waals surface area contributed by atoms with E-state index in [1.165, 1.54) is 22.3 Å². The van der Waals surface area contributed by atoms with Crippen LogP contribution in [0.15, 0.2) is 121 Å². The largest absolute Gasteiger partial charge is 0.326 e. The molecule has 3 N–H and O–H groups in total. The van der Waals surface area contributed by atoms with Crippen molar-refractivity contribution in [3.05, 3.63) is 144 Å². The SMILES string of the molecule is NC(CNC(c1ccccc1)(c1ccccc1)c1ccccc1)Cc1ccccc1. The molecule has 0 spiro atoms. The van der Waals surface area contributed by atoms with E-state index in [1.807, 2.05) is 6.07 Å². The standard InChI is InChI=1S/C28H28N2/c29-27(21-23-13-5-1-6-14-23)22-30-28(24-15-7-2-8-16-24,25-17-9-3-10-18-25)26-19-11-4-12-20-26/h1-20,27,30H,21-22,29H2. The molecule has 2 heteroatoms. The molecule has 1 atom stereocenters. The van der Waals surface area contributed by atoms with Crippen LogP contribution in [0.4, 0.5) is 0 Å². The molecular formula is C28H28N2. The van der Waals surface area contributed by atoms with Gasteiger partial charge in [-0.25, -0.2) is 0 Å². The van der Waals surface area contributed by atoms with Crippen LogP contribution in [0.3, 0.4) is 0 Å². The Bertz CT molecular complexity index is 919. The second-order valence-electron chi connectivity index (χ2n) is 7.68. The lowest BCUT2D eigenvalue weighted by Gasteiger charge is -2.38. The molecule has 0 fully saturated rings. The van der Waals surface area contributed by atoms with Crippen molar-refractivity contribution in [2.75, 3.05) is 6.54 Å². The molecule has 0 saturated heterocycles. The fourth-order valence-electron chi connectivity index (χ4n) is 4.14. The topological polar surface area (TPSA) is 38.0 Å². The van der Waals surface area contributed by atoms with Gasteiger partial charge in [-0.15, -0.1) is 0 Å². The number of hydrogen-bond donors (Lipinski definition) is 2. The fourth-order valence-corrected chi connectivity index (χ4v) is 4.14. The van der Waals surface area contributed by atoms with Crippen molar-refractivity contribution in [2.24, 2.45) is 5.73 Å². The molecule has 2 nitrogen and oxygen atoms in total. The van der Waals surface area contributed by atoms with E-state index >= 15 is 0 Å². The van der Waals surface area contributed by atoms with E-state index in [0.29, 0.717) is 6.54 Å². The Labute approximate surface area is 179 Å². The number of rotatable bonds is 8. The Hall–Kier alpha value is -3.20. The summed E-state index contributed by atoms with van der Waals surface area (Å²) in [6, 6.07) is 42.4. The molecule has 0 radical (unpaired) electrons. The maximum atomic E-state index is 6.58. The third kappa shape index (κ3) is 4.35. The molecule has 0 aliphatic heterocycles. The van der Waals surface area contributed by atoms with Gasteiger partial charge < -0.3 is 5.73 Å². The van der Waals surface area contributed by atoms with Gasteiger partial charge in [0.2, 0.25) is 0 Å². The molecule has 30 heavy (non-hydrogen) atoms. The van der Waals surface area contributed by atoms with Crippen LogP contribution in [0.5, 0.6) is 0 Å². The van der Waals surface area contributed by atoms with Crippen molar-refractivity contribution in [1.82, 2.24) is 5.32 Å². The first-order chi connectivity index (χ1) is 14.8. The van der Waals surface area contributed by atoms with Crippen molar-refractivity contribution >= 4 is 0 Å². The number of nitrogens with one attached hydrogen (secondary N) is 1. The maximum absolute atomic E-state index is 6.58. The van der Waals surface area contributed by atoms with Crippen LogP contribution in [0.1, 0.15) is 22.3 Å². The van der Waals surface area contributed by atoms with Crippen LogP contribution in [-0.2, 0) is 12.0 Å². The van der Waals surface area contributed by atoms with Crippen LogP contribution < -0.4 is 11.1 Å². The molecule has 1 unspecified atom stereocenters. The Balaban J connectivity index is 1.73. The zero-order chi connectivity index (χ0) is 20.7. The maximum Gasteiger partial charge on any atom is 0.0948 e. The average molecular weight is 393 g/mol. The minimum atomic E-state index is -0.474. The summed E-state index contributed by atoms with van der Waals surface area (Å²) < 4.78 is 0. The van der Waals surface area contributed by atoms with Gasteiger partial charge in [0.05, 0.1) is 5.54 Å². The van der Waals surface area contributed by atoms with E-state index in [9.17, 15) is 0 Å². The zero-order valence-corrected chi connectivity index (χ0v) is 17.1. The number of benzene rings is 4. The molecule has 4 aromatic carbocycles. The molecule has 0 aliphatic rings. The Morgan fingerprint density at radius 3 is 1.33 bits per heavy atom. The van der Waals surface area contributed by atoms with Gasteiger partial charge in [0, 0.05) is 12.6 Å². The smallest absolute Gasteiger partial charge is 0.0948 e. The Kier molecular flexibility index (Phi) is 6.38. The highest BCUT2D eigenvalue weighted by molar-refractivity contribution is 5.49. The summed E-state index contributed by atoms with van der Waals surface area (Å²) in [6.07, 6.45) is 0.836. The van der Waals surface area contributed by atoms with E-state index in [4.69, 9.17) is 5.73 Å². The van der Waals surface area contributed by atoms with Crippen LogP contribution in [0, 0.1) is 0 Å². The van der Waals surface area contributed by atoms with Gasteiger partial charge in [-0.2, -0.15) is 0 Å². The summed E-state index contributed by atoms with van der Waals surface area (Å²) in [5.41, 5.74) is 11.0. The quantitative estimate of drug-likeness (QED) is 0.408. The Morgan fingerprint density at radius 1 is 0.567 bits per heavy atom. The van der Waals surface area contributed by atoms with Gasteiger partial charge in [0.25, 0.3) is 0 Å². The van der Waals surface area contributed by atoms with E-state index in [0.717, 1.165) is 6.42 Å². The highest BCUT2D eigenvalue weighted by Crippen LogP contribution is 2.36. The van der Waals surface area contributed by atoms with E-state index in [-0.39, 0.29) is 6.04 Å². The van der Waals surface area contributed by atoms with Gasteiger partial charge in [-0.3, -0.25) is 5.32 Å². The number of nitrogens with two attached hydrogens (primary N) is 1. The summed E-state index contributed by atoms with van der Waals surface area (Å²) in [5, 5.41) is 3.88. The van der Waals surface area contributed by atoms with Crippen molar-refractivity contribution in [2.45, 2.75) is 18.0 Å². The molecule has 0 aliphatic carbocycles. The zero-order valence-electron chi connectivity index (χ0n) is 17.1. The van der Waals surface area contributed by atoms with Gasteiger partial charge in [0.15, 0.2) is 0 Å². The predicted octanol–water partition coefficient (Wildman–Crippen LogP) is 5.14. The van der Waals surface area contributed by atoms with E-state index in [2.05, 4.69) is 121 Å². The first-order valence-corrected chi connectivity index (χ1v) is 10.5. The summed E-state index contributed by atoms with van der Waals surface area (Å²) in [7, 11) is 0. The van der Waals surface area contributed by atoms with Crippen LogP contribution >= 0.6 is 0 Å². The second-order valence-corrected chi connectivity index (χ2v) is 7.68. The monoisotopic (exact) mass is 392 g/mol. The lowest BCUT2D eigenvalue weighted by Crippen LogP contribution is -2.49. The molecule has 0 aromatic heterocycles. The molecular weight excluding hydrogens is 364 g/mol. The first-order valence-electron chi connectivity index (χ1n) is 10.5. The summed E-state index contributed by atoms with van der Waals surface area (Å²) in [4.78, 5) is 0. The normalized spacial score (nSPS) is 12.4. The first kappa shape index (κ1) is 20.1. The molecule has 4 aromatic rings. The van der Waals surface area contributed by atoms with Gasteiger partial charge in [0.1, 0.15) is 0 Å². The third-order valence-electron chi connectivity index (χ3n) is 5.59. The molecule has 0 saturated carbocycles. The van der Waals surface area contributed by atoms with Crippen molar-refractivity contribution in [1.29, 1.82) is 0 Å². The second kappa shape index (κ2) is 9.53. The van der Waals surface area contributed by atoms with Crippen molar-refractivity contribution in [3.63, 3.8) is 0 Å². The number of hydrogen-bond acceptors (Lipinski definition) is 2. The van der Waals surface area contributed by atoms with Crippen molar-refractivity contribution < 1.29 is 0 Å². The summed E-state index contributed by atoms with van der Waals surface area (Å²) >= 11 is 0. The van der Waals surface area contributed by atoms with Gasteiger partial charge >= 0.3 is 0 Å². The molecule has 0 heterocycles. The Morgan fingerprint density at radius 2 is 0.933 bits per heavy atom. The van der Waals surface area contributed by atoms with Gasteiger partial charge in [-0.05, 0) is 28.7 Å². The minimum Gasteiger partial charge on any atom is -0.326 e. The highest BCUT2D eigenvalue weighted by Gasteiger charge is 2.36. The lowest BCUT2D eigenvalue weighted by molar-refractivity contribution is 0.441. The van der Waals surface area contributed by atoms with Crippen LogP contribution in [0.2, 0.25) is 0 Å². The van der Waals surface area contributed by atoms with Crippen molar-refractivity contribution in [3.8, 4) is 0 Å². The average Bonchev–Trinajstić information content (AvgIpc) is 2.82. The highest BCUT2D eigenvalue weighted by atomic mass is 15.0. The summed E-state index contributed by atoms with van der Waals surface area (Å²) in [6.45, 7) is 0.688. The molecule has 0 bridgehead atoms. The molecule has 4 rings (SSSR count). The van der Waals surface area contributed by atoms with Gasteiger partial charge in [-0.1, -0.05) is 121 Å².